The molecule has 8 heteroatoms. The minimum absolute atomic E-state index is 0.353. The average molecular weight is 434 g/mol. The molecule has 4 N–H and O–H groups in total. The van der Waals surface area contributed by atoms with E-state index in [1.54, 1.807) is 24.3 Å². The number of hydrogen-bond donors (Lipinski definition) is 4. The average Bonchev–Trinajstić information content (AvgIpc) is 2.81. The van der Waals surface area contributed by atoms with Gasteiger partial charge in [-0.05, 0) is 42.5 Å². The zero-order chi connectivity index (χ0) is 22.4. The summed E-state index contributed by atoms with van der Waals surface area (Å²) in [5, 5.41) is 10.9. The largest absolute Gasteiger partial charge is 0.492 e. The number of carbonyl (C=O) groups is 2. The third kappa shape index (κ3) is 8.27. The highest BCUT2D eigenvalue weighted by Gasteiger charge is 2.05. The van der Waals surface area contributed by atoms with E-state index in [0.29, 0.717) is 37.7 Å². The second-order valence-corrected chi connectivity index (χ2v) is 6.67. The molecule has 4 amide bonds. The van der Waals surface area contributed by atoms with Crippen LogP contribution >= 0.6 is 0 Å². The molecule has 32 heavy (non-hydrogen) atoms. The Bertz CT molecular complexity index is 907. The zero-order valence-corrected chi connectivity index (χ0v) is 17.5. The molecule has 0 aromatic heterocycles. The third-order valence-electron chi connectivity index (χ3n) is 4.18. The lowest BCUT2D eigenvalue weighted by Crippen LogP contribution is -2.33. The topological polar surface area (TPSA) is 101 Å². The molecule has 0 atom stereocenters. The summed E-state index contributed by atoms with van der Waals surface area (Å²) in [4.78, 5) is 24.1. The third-order valence-corrected chi connectivity index (χ3v) is 4.18. The number of para-hydroxylation sites is 2. The van der Waals surface area contributed by atoms with Crippen LogP contribution in [0.15, 0.2) is 84.9 Å². The Kier molecular flexibility index (Phi) is 8.77. The Hall–Kier alpha value is -4.20. The molecular weight excluding hydrogens is 408 g/mol. The Morgan fingerprint density at radius 2 is 1.03 bits per heavy atom. The van der Waals surface area contributed by atoms with Crippen molar-refractivity contribution in [3.63, 3.8) is 0 Å². The van der Waals surface area contributed by atoms with Gasteiger partial charge in [0.15, 0.2) is 0 Å². The Balaban J connectivity index is 1.33. The lowest BCUT2D eigenvalue weighted by molar-refractivity contribution is 0.247. The number of rotatable bonds is 10. The number of benzene rings is 3. The van der Waals surface area contributed by atoms with Crippen molar-refractivity contribution in [2.75, 3.05) is 36.9 Å². The molecular formula is C24H26N4O4. The quantitative estimate of drug-likeness (QED) is 0.361. The smallest absolute Gasteiger partial charge is 0.319 e. The van der Waals surface area contributed by atoms with Crippen LogP contribution in [0.2, 0.25) is 0 Å². The molecule has 0 radical (unpaired) electrons. The first-order valence-electron chi connectivity index (χ1n) is 10.2. The molecule has 0 heterocycles. The first-order chi connectivity index (χ1) is 15.7. The summed E-state index contributed by atoms with van der Waals surface area (Å²) in [6, 6.07) is 24.9. The number of amides is 4. The second kappa shape index (κ2) is 12.5. The molecule has 0 fully saturated rings. The number of ether oxygens (including phenoxy) is 2. The van der Waals surface area contributed by atoms with Gasteiger partial charge in [0.1, 0.15) is 24.7 Å². The fourth-order valence-electron chi connectivity index (χ4n) is 2.73. The Labute approximate surface area is 186 Å². The van der Waals surface area contributed by atoms with Crippen molar-refractivity contribution in [1.29, 1.82) is 0 Å². The molecule has 0 saturated carbocycles. The Morgan fingerprint density at radius 1 is 0.594 bits per heavy atom. The Morgan fingerprint density at radius 3 is 1.47 bits per heavy atom. The molecule has 166 valence electrons. The number of anilines is 2. The minimum atomic E-state index is -0.360. The first kappa shape index (κ1) is 22.5. The maximum absolute atomic E-state index is 12.1. The van der Waals surface area contributed by atoms with E-state index in [4.69, 9.17) is 9.47 Å². The molecule has 0 saturated heterocycles. The maximum Gasteiger partial charge on any atom is 0.319 e. The molecule has 0 bridgehead atoms. The summed E-state index contributed by atoms with van der Waals surface area (Å²) < 4.78 is 11.1. The van der Waals surface area contributed by atoms with E-state index < -0.39 is 0 Å². The molecule has 0 unspecified atom stereocenters. The van der Waals surface area contributed by atoms with Gasteiger partial charge in [0.05, 0.1) is 13.1 Å². The molecule has 3 aromatic rings. The summed E-state index contributed by atoms with van der Waals surface area (Å²) in [5.41, 5.74) is 1.10. The number of hydrogen-bond acceptors (Lipinski definition) is 4. The summed E-state index contributed by atoms with van der Waals surface area (Å²) in [5.74, 6) is 1.50. The van der Waals surface area contributed by atoms with E-state index in [2.05, 4.69) is 21.3 Å². The van der Waals surface area contributed by atoms with E-state index in [-0.39, 0.29) is 12.1 Å². The molecule has 3 rings (SSSR count). The number of nitrogens with one attached hydrogen (secondary N) is 4. The van der Waals surface area contributed by atoms with Crippen molar-refractivity contribution in [2.24, 2.45) is 0 Å². The summed E-state index contributed by atoms with van der Waals surface area (Å²) >= 11 is 0. The van der Waals surface area contributed by atoms with Crippen molar-refractivity contribution >= 4 is 23.4 Å². The monoisotopic (exact) mass is 434 g/mol. The standard InChI is InChI=1S/C24H26N4O4/c29-23(25-14-16-31-21-10-3-1-4-11-21)27-19-8-7-9-20(18-19)28-24(30)26-15-17-32-22-12-5-2-6-13-22/h1-13,18H,14-17H2,(H2,25,27,29)(H2,26,28,30). The van der Waals surface area contributed by atoms with Crippen LogP contribution in [0.5, 0.6) is 11.5 Å². The van der Waals surface area contributed by atoms with Crippen LogP contribution < -0.4 is 30.7 Å². The molecule has 8 nitrogen and oxygen atoms in total. The second-order valence-electron chi connectivity index (χ2n) is 6.67. The number of urea groups is 2. The molecule has 0 aliphatic rings. The highest BCUT2D eigenvalue weighted by atomic mass is 16.5. The normalized spacial score (nSPS) is 10.0. The van der Waals surface area contributed by atoms with Crippen LogP contribution in [0.4, 0.5) is 21.0 Å². The highest BCUT2D eigenvalue weighted by Crippen LogP contribution is 2.15. The van der Waals surface area contributed by atoms with E-state index in [9.17, 15) is 9.59 Å². The lowest BCUT2D eigenvalue weighted by Gasteiger charge is -2.11. The van der Waals surface area contributed by atoms with E-state index >= 15 is 0 Å². The van der Waals surface area contributed by atoms with Gasteiger partial charge in [-0.25, -0.2) is 9.59 Å². The maximum atomic E-state index is 12.1. The number of carbonyl (C=O) groups excluding carboxylic acids is 2. The lowest BCUT2D eigenvalue weighted by atomic mass is 10.3. The fraction of sp³-hybridized carbons (Fsp3) is 0.167. The summed E-state index contributed by atoms with van der Waals surface area (Å²) in [6.45, 7) is 1.42. The van der Waals surface area contributed by atoms with Gasteiger partial charge in [0.2, 0.25) is 0 Å². The van der Waals surface area contributed by atoms with Gasteiger partial charge in [-0.2, -0.15) is 0 Å². The minimum Gasteiger partial charge on any atom is -0.492 e. The van der Waals surface area contributed by atoms with Crippen LogP contribution in [0.3, 0.4) is 0 Å². The molecule has 3 aromatic carbocycles. The van der Waals surface area contributed by atoms with Crippen LogP contribution in [-0.4, -0.2) is 38.4 Å². The summed E-state index contributed by atoms with van der Waals surface area (Å²) in [7, 11) is 0. The van der Waals surface area contributed by atoms with Crippen LogP contribution in [0.25, 0.3) is 0 Å². The molecule has 0 spiro atoms. The van der Waals surface area contributed by atoms with E-state index in [1.807, 2.05) is 60.7 Å². The fourth-order valence-corrected chi connectivity index (χ4v) is 2.73. The predicted molar refractivity (Wildman–Crippen MR) is 124 cm³/mol. The molecule has 0 aliphatic heterocycles. The zero-order valence-electron chi connectivity index (χ0n) is 17.5. The van der Waals surface area contributed by atoms with E-state index in [0.717, 1.165) is 11.5 Å². The van der Waals surface area contributed by atoms with Gasteiger partial charge in [-0.1, -0.05) is 42.5 Å². The van der Waals surface area contributed by atoms with Gasteiger partial charge in [-0.3, -0.25) is 0 Å². The van der Waals surface area contributed by atoms with Gasteiger partial charge < -0.3 is 30.7 Å². The van der Waals surface area contributed by atoms with Crippen molar-refractivity contribution in [2.45, 2.75) is 0 Å². The predicted octanol–water partition coefficient (Wildman–Crippen LogP) is 4.09. The van der Waals surface area contributed by atoms with Crippen molar-refractivity contribution in [3.8, 4) is 11.5 Å². The van der Waals surface area contributed by atoms with E-state index in [1.165, 1.54) is 0 Å². The van der Waals surface area contributed by atoms with Gasteiger partial charge in [-0.15, -0.1) is 0 Å². The van der Waals surface area contributed by atoms with Gasteiger partial charge in [0, 0.05) is 11.4 Å². The summed E-state index contributed by atoms with van der Waals surface area (Å²) in [6.07, 6.45) is 0. The van der Waals surface area contributed by atoms with Crippen LogP contribution in [0, 0.1) is 0 Å². The van der Waals surface area contributed by atoms with Crippen LogP contribution in [-0.2, 0) is 0 Å². The SMILES string of the molecule is O=C(NCCOc1ccccc1)Nc1cccc(NC(=O)NCCOc2ccccc2)c1. The highest BCUT2D eigenvalue weighted by molar-refractivity contribution is 5.92. The van der Waals surface area contributed by atoms with Gasteiger partial charge >= 0.3 is 12.1 Å². The first-order valence-corrected chi connectivity index (χ1v) is 10.2. The van der Waals surface area contributed by atoms with Crippen LogP contribution in [0.1, 0.15) is 0 Å². The van der Waals surface area contributed by atoms with Gasteiger partial charge in [0.25, 0.3) is 0 Å². The molecule has 0 aliphatic carbocycles. The van der Waals surface area contributed by atoms with Crippen molar-refractivity contribution in [3.05, 3.63) is 84.9 Å². The van der Waals surface area contributed by atoms with Crippen molar-refractivity contribution in [1.82, 2.24) is 10.6 Å². The van der Waals surface area contributed by atoms with Crippen molar-refractivity contribution < 1.29 is 19.1 Å².